The predicted molar refractivity (Wildman–Crippen MR) is 49.3 cm³/mol. The SMILES string of the molecule is ClCc1cc(Br)sc1Br. The van der Waals surface area contributed by atoms with Crippen LogP contribution >= 0.6 is 54.8 Å². The summed E-state index contributed by atoms with van der Waals surface area (Å²) in [5, 5.41) is 0. The highest BCUT2D eigenvalue weighted by Crippen LogP contribution is 2.32. The monoisotopic (exact) mass is 288 g/mol. The third-order valence-electron chi connectivity index (χ3n) is 0.871. The minimum atomic E-state index is 0.572. The first-order valence-electron chi connectivity index (χ1n) is 2.23. The first-order valence-corrected chi connectivity index (χ1v) is 5.17. The Labute approximate surface area is 79.5 Å². The standard InChI is InChI=1S/C5H3Br2ClS/c6-4-1-3(2-8)5(7)9-4/h1H,2H2. The van der Waals surface area contributed by atoms with E-state index in [0.717, 1.165) is 13.1 Å². The van der Waals surface area contributed by atoms with Crippen LogP contribution in [-0.4, -0.2) is 0 Å². The van der Waals surface area contributed by atoms with Crippen LogP contribution in [0.1, 0.15) is 5.56 Å². The smallest absolute Gasteiger partial charge is 0.0754 e. The molecular weight excluding hydrogens is 287 g/mol. The topological polar surface area (TPSA) is 0 Å². The Balaban J connectivity index is 3.01. The van der Waals surface area contributed by atoms with Gasteiger partial charge in [0.2, 0.25) is 0 Å². The molecule has 0 amide bonds. The first-order chi connectivity index (χ1) is 4.24. The molecule has 9 heavy (non-hydrogen) atoms. The van der Waals surface area contributed by atoms with Crippen molar-refractivity contribution in [2.45, 2.75) is 5.88 Å². The molecule has 1 heterocycles. The van der Waals surface area contributed by atoms with Gasteiger partial charge in [0.25, 0.3) is 0 Å². The second kappa shape index (κ2) is 3.37. The maximum absolute atomic E-state index is 5.60. The normalized spacial score (nSPS) is 10.1. The van der Waals surface area contributed by atoms with E-state index in [1.807, 2.05) is 6.07 Å². The molecule has 50 valence electrons. The molecule has 0 aliphatic heterocycles. The van der Waals surface area contributed by atoms with Gasteiger partial charge in [0.05, 0.1) is 7.57 Å². The van der Waals surface area contributed by atoms with Gasteiger partial charge in [-0.1, -0.05) is 0 Å². The van der Waals surface area contributed by atoms with Crippen LogP contribution < -0.4 is 0 Å². The summed E-state index contributed by atoms with van der Waals surface area (Å²) in [5.74, 6) is 0.572. The second-order valence-corrected chi connectivity index (χ2v) is 5.50. The van der Waals surface area contributed by atoms with Gasteiger partial charge in [-0.3, -0.25) is 0 Å². The van der Waals surface area contributed by atoms with Gasteiger partial charge in [-0.05, 0) is 43.5 Å². The average Bonchev–Trinajstić information content (AvgIpc) is 2.10. The first kappa shape index (κ1) is 8.05. The van der Waals surface area contributed by atoms with E-state index in [0.29, 0.717) is 5.88 Å². The lowest BCUT2D eigenvalue weighted by Crippen LogP contribution is -1.67. The van der Waals surface area contributed by atoms with Crippen LogP contribution in [0, 0.1) is 0 Å². The highest BCUT2D eigenvalue weighted by molar-refractivity contribution is 9.12. The second-order valence-electron chi connectivity index (χ2n) is 1.48. The fourth-order valence-corrected chi connectivity index (χ4v) is 3.74. The maximum Gasteiger partial charge on any atom is 0.0754 e. The Kier molecular flexibility index (Phi) is 3.02. The molecular formula is C5H3Br2ClS. The van der Waals surface area contributed by atoms with Crippen LogP contribution in [0.3, 0.4) is 0 Å². The van der Waals surface area contributed by atoms with Crippen molar-refractivity contribution >= 4 is 54.8 Å². The summed E-state index contributed by atoms with van der Waals surface area (Å²) in [7, 11) is 0. The van der Waals surface area contributed by atoms with E-state index in [2.05, 4.69) is 31.9 Å². The molecule has 0 N–H and O–H groups in total. The van der Waals surface area contributed by atoms with Crippen LogP contribution in [-0.2, 0) is 5.88 Å². The minimum absolute atomic E-state index is 0.572. The van der Waals surface area contributed by atoms with Crippen LogP contribution in [0.4, 0.5) is 0 Å². The van der Waals surface area contributed by atoms with Crippen molar-refractivity contribution in [1.82, 2.24) is 0 Å². The van der Waals surface area contributed by atoms with Gasteiger partial charge < -0.3 is 0 Å². The molecule has 0 aliphatic carbocycles. The lowest BCUT2D eigenvalue weighted by atomic mass is 10.4. The zero-order valence-corrected chi connectivity index (χ0v) is 9.07. The minimum Gasteiger partial charge on any atom is -0.121 e. The van der Waals surface area contributed by atoms with E-state index in [4.69, 9.17) is 11.6 Å². The molecule has 0 atom stereocenters. The third kappa shape index (κ3) is 1.93. The molecule has 4 heteroatoms. The average molecular weight is 290 g/mol. The van der Waals surface area contributed by atoms with Crippen LogP contribution in [0.5, 0.6) is 0 Å². The van der Waals surface area contributed by atoms with Gasteiger partial charge >= 0.3 is 0 Å². The van der Waals surface area contributed by atoms with Crippen molar-refractivity contribution in [3.05, 3.63) is 19.2 Å². The van der Waals surface area contributed by atoms with E-state index < -0.39 is 0 Å². The van der Waals surface area contributed by atoms with Gasteiger partial charge in [-0.15, -0.1) is 22.9 Å². The fraction of sp³-hybridized carbons (Fsp3) is 0.200. The van der Waals surface area contributed by atoms with Gasteiger partial charge in [-0.25, -0.2) is 0 Å². The molecule has 0 spiro atoms. The van der Waals surface area contributed by atoms with E-state index in [9.17, 15) is 0 Å². The Bertz CT molecular complexity index is 209. The summed E-state index contributed by atoms with van der Waals surface area (Å²) in [6, 6.07) is 2.02. The molecule has 0 saturated carbocycles. The molecule has 0 aromatic carbocycles. The Hall–Kier alpha value is 0.950. The molecule has 0 unspecified atom stereocenters. The fourth-order valence-electron chi connectivity index (χ4n) is 0.465. The quantitative estimate of drug-likeness (QED) is 0.686. The van der Waals surface area contributed by atoms with Gasteiger partial charge in [-0.2, -0.15) is 0 Å². The van der Waals surface area contributed by atoms with Crippen molar-refractivity contribution in [1.29, 1.82) is 0 Å². The number of hydrogen-bond donors (Lipinski definition) is 0. The number of alkyl halides is 1. The zero-order valence-electron chi connectivity index (χ0n) is 4.33. The largest absolute Gasteiger partial charge is 0.121 e. The van der Waals surface area contributed by atoms with E-state index in [1.54, 1.807) is 11.3 Å². The van der Waals surface area contributed by atoms with Gasteiger partial charge in [0, 0.05) is 5.88 Å². The van der Waals surface area contributed by atoms with Crippen LogP contribution in [0.15, 0.2) is 13.6 Å². The maximum atomic E-state index is 5.60. The van der Waals surface area contributed by atoms with Crippen molar-refractivity contribution in [3.8, 4) is 0 Å². The summed E-state index contributed by atoms with van der Waals surface area (Å²) in [6.07, 6.45) is 0. The lowest BCUT2D eigenvalue weighted by molar-refractivity contribution is 1.44. The molecule has 1 aromatic heterocycles. The molecule has 0 radical (unpaired) electrons. The van der Waals surface area contributed by atoms with Crippen LogP contribution in [0.25, 0.3) is 0 Å². The summed E-state index contributed by atoms with van der Waals surface area (Å²) < 4.78 is 2.23. The molecule has 0 fully saturated rings. The molecule has 0 saturated heterocycles. The molecule has 0 bridgehead atoms. The number of rotatable bonds is 1. The molecule has 1 rings (SSSR count). The van der Waals surface area contributed by atoms with Crippen molar-refractivity contribution < 1.29 is 0 Å². The Morgan fingerprint density at radius 2 is 2.22 bits per heavy atom. The van der Waals surface area contributed by atoms with Gasteiger partial charge in [0.1, 0.15) is 0 Å². The summed E-state index contributed by atoms with van der Waals surface area (Å²) >= 11 is 14.0. The molecule has 0 nitrogen and oxygen atoms in total. The van der Waals surface area contributed by atoms with E-state index in [1.165, 1.54) is 0 Å². The third-order valence-corrected chi connectivity index (χ3v) is 3.62. The molecule has 0 aliphatic rings. The summed E-state index contributed by atoms with van der Waals surface area (Å²) in [4.78, 5) is 0. The van der Waals surface area contributed by atoms with E-state index >= 15 is 0 Å². The molecule has 1 aromatic rings. The highest BCUT2D eigenvalue weighted by Gasteiger charge is 2.01. The van der Waals surface area contributed by atoms with Crippen molar-refractivity contribution in [2.75, 3.05) is 0 Å². The lowest BCUT2D eigenvalue weighted by Gasteiger charge is -1.84. The van der Waals surface area contributed by atoms with Gasteiger partial charge in [0.15, 0.2) is 0 Å². The van der Waals surface area contributed by atoms with Crippen molar-refractivity contribution in [3.63, 3.8) is 0 Å². The predicted octanol–water partition coefficient (Wildman–Crippen LogP) is 4.01. The number of thiophene rings is 1. The van der Waals surface area contributed by atoms with Crippen molar-refractivity contribution in [2.24, 2.45) is 0 Å². The Morgan fingerprint density at radius 3 is 2.44 bits per heavy atom. The summed E-state index contributed by atoms with van der Waals surface area (Å²) in [6.45, 7) is 0. The number of hydrogen-bond acceptors (Lipinski definition) is 1. The number of halogens is 3. The van der Waals surface area contributed by atoms with E-state index in [-0.39, 0.29) is 0 Å². The zero-order chi connectivity index (χ0) is 6.85. The Morgan fingerprint density at radius 1 is 1.56 bits per heavy atom. The summed E-state index contributed by atoms with van der Waals surface area (Å²) in [5.41, 5.74) is 1.15. The van der Waals surface area contributed by atoms with Crippen LogP contribution in [0.2, 0.25) is 0 Å². The highest BCUT2D eigenvalue weighted by atomic mass is 79.9.